The molecule has 0 aromatic carbocycles. The zero-order valence-corrected chi connectivity index (χ0v) is 7.37. The minimum atomic E-state index is 0.676. The predicted octanol–water partition coefficient (Wildman–Crippen LogP) is 1.05. The molecule has 0 aliphatic rings. The Morgan fingerprint density at radius 3 is 2.75 bits per heavy atom. The smallest absolute Gasteiger partial charge is 0.255 e. The Balaban J connectivity index is 2.94. The maximum Gasteiger partial charge on any atom is 0.255 e. The van der Waals surface area contributed by atoms with Gasteiger partial charge in [-0.2, -0.15) is 0 Å². The van der Waals surface area contributed by atoms with E-state index in [4.69, 9.17) is 0 Å². The van der Waals surface area contributed by atoms with Gasteiger partial charge in [-0.25, -0.2) is 4.98 Å². The molecule has 0 bridgehead atoms. The molecule has 0 unspecified atom stereocenters. The van der Waals surface area contributed by atoms with Gasteiger partial charge in [-0.1, -0.05) is 0 Å². The first-order valence-corrected chi connectivity index (χ1v) is 3.83. The van der Waals surface area contributed by atoms with Crippen LogP contribution in [-0.4, -0.2) is 19.6 Å². The minimum Gasteiger partial charge on any atom is -0.270 e. The molecule has 0 saturated heterocycles. The molecule has 2 aromatic heterocycles. The van der Waals surface area contributed by atoms with Gasteiger partial charge in [0, 0.05) is 11.4 Å². The summed E-state index contributed by atoms with van der Waals surface area (Å²) in [7, 11) is 0. The van der Waals surface area contributed by atoms with Gasteiger partial charge in [0.15, 0.2) is 0 Å². The van der Waals surface area contributed by atoms with E-state index in [-0.39, 0.29) is 0 Å². The second kappa shape index (κ2) is 2.27. The second-order valence-electron chi connectivity index (χ2n) is 2.91. The minimum absolute atomic E-state index is 0.676. The summed E-state index contributed by atoms with van der Waals surface area (Å²) in [5.74, 6) is 0.676. The number of fused-ring (bicyclic) bond motifs is 1. The molecule has 0 atom stereocenters. The molecule has 2 aromatic rings. The molecule has 0 N–H and O–H groups in total. The highest BCUT2D eigenvalue weighted by Crippen LogP contribution is 2.10. The molecule has 4 nitrogen and oxygen atoms in total. The average molecular weight is 162 g/mol. The molecule has 0 amide bonds. The van der Waals surface area contributed by atoms with Gasteiger partial charge in [-0.15, -0.1) is 10.2 Å². The van der Waals surface area contributed by atoms with Crippen molar-refractivity contribution in [3.8, 4) is 0 Å². The van der Waals surface area contributed by atoms with Crippen molar-refractivity contribution < 1.29 is 0 Å². The fourth-order valence-corrected chi connectivity index (χ4v) is 1.22. The summed E-state index contributed by atoms with van der Waals surface area (Å²) < 4.78 is 1.89. The molecule has 62 valence electrons. The van der Waals surface area contributed by atoms with E-state index in [0.29, 0.717) is 5.78 Å². The van der Waals surface area contributed by atoms with Crippen LogP contribution in [0.5, 0.6) is 0 Å². The molecule has 0 radical (unpaired) electrons. The van der Waals surface area contributed by atoms with Crippen molar-refractivity contribution >= 4 is 5.78 Å². The Bertz CT molecular complexity index is 430. The van der Waals surface area contributed by atoms with Gasteiger partial charge in [-0.3, -0.25) is 4.40 Å². The largest absolute Gasteiger partial charge is 0.270 e. The van der Waals surface area contributed by atoms with Crippen LogP contribution in [0.15, 0.2) is 6.33 Å². The number of rotatable bonds is 0. The van der Waals surface area contributed by atoms with Gasteiger partial charge in [0.1, 0.15) is 6.33 Å². The summed E-state index contributed by atoms with van der Waals surface area (Å²) in [6, 6.07) is 0. The summed E-state index contributed by atoms with van der Waals surface area (Å²) in [6.45, 7) is 6.08. The highest BCUT2D eigenvalue weighted by Gasteiger charge is 2.05. The maximum atomic E-state index is 4.29. The SMILES string of the molecule is Cc1nc2nncn2c(C)c1C. The van der Waals surface area contributed by atoms with Crippen LogP contribution in [-0.2, 0) is 0 Å². The van der Waals surface area contributed by atoms with Crippen LogP contribution in [0.4, 0.5) is 0 Å². The van der Waals surface area contributed by atoms with E-state index in [1.165, 1.54) is 5.56 Å². The molecule has 2 heterocycles. The van der Waals surface area contributed by atoms with E-state index in [0.717, 1.165) is 11.4 Å². The molecule has 0 saturated carbocycles. The van der Waals surface area contributed by atoms with Crippen molar-refractivity contribution in [3.05, 3.63) is 23.3 Å². The van der Waals surface area contributed by atoms with Crippen molar-refractivity contribution in [2.75, 3.05) is 0 Å². The number of nitrogens with zero attached hydrogens (tertiary/aromatic N) is 4. The van der Waals surface area contributed by atoms with Gasteiger partial charge < -0.3 is 0 Å². The van der Waals surface area contributed by atoms with Crippen LogP contribution >= 0.6 is 0 Å². The lowest BCUT2D eigenvalue weighted by molar-refractivity contribution is 0.979. The number of hydrogen-bond acceptors (Lipinski definition) is 3. The molecule has 12 heavy (non-hydrogen) atoms. The highest BCUT2D eigenvalue weighted by atomic mass is 15.3. The summed E-state index contributed by atoms with van der Waals surface area (Å²) in [5.41, 5.74) is 3.37. The molecule has 0 fully saturated rings. The number of aryl methyl sites for hydroxylation is 2. The van der Waals surface area contributed by atoms with Crippen molar-refractivity contribution in [1.29, 1.82) is 0 Å². The summed E-state index contributed by atoms with van der Waals surface area (Å²) >= 11 is 0. The van der Waals surface area contributed by atoms with E-state index in [1.807, 2.05) is 18.2 Å². The third-order valence-electron chi connectivity index (χ3n) is 2.24. The molecule has 0 aliphatic carbocycles. The number of aromatic nitrogens is 4. The predicted molar refractivity (Wildman–Crippen MR) is 45.0 cm³/mol. The topological polar surface area (TPSA) is 43.1 Å². The lowest BCUT2D eigenvalue weighted by Gasteiger charge is -2.04. The van der Waals surface area contributed by atoms with Crippen LogP contribution in [0, 0.1) is 20.8 Å². The lowest BCUT2D eigenvalue weighted by atomic mass is 10.2. The maximum absolute atomic E-state index is 4.29. The fraction of sp³-hybridized carbons (Fsp3) is 0.375. The van der Waals surface area contributed by atoms with Gasteiger partial charge in [-0.05, 0) is 26.3 Å². The molecular weight excluding hydrogens is 152 g/mol. The summed E-state index contributed by atoms with van der Waals surface area (Å²) in [5, 5.41) is 7.68. The average Bonchev–Trinajstić information content (AvgIpc) is 2.48. The molecular formula is C8H10N4. The first-order chi connectivity index (χ1) is 5.70. The molecule has 0 aliphatic heterocycles. The monoisotopic (exact) mass is 162 g/mol. The van der Waals surface area contributed by atoms with Crippen molar-refractivity contribution in [3.63, 3.8) is 0 Å². The van der Waals surface area contributed by atoms with Crippen molar-refractivity contribution in [2.45, 2.75) is 20.8 Å². The first-order valence-electron chi connectivity index (χ1n) is 3.83. The first kappa shape index (κ1) is 7.21. The third-order valence-corrected chi connectivity index (χ3v) is 2.24. The van der Waals surface area contributed by atoms with Crippen molar-refractivity contribution in [2.24, 2.45) is 0 Å². The Morgan fingerprint density at radius 1 is 1.25 bits per heavy atom. The zero-order chi connectivity index (χ0) is 8.72. The van der Waals surface area contributed by atoms with Gasteiger partial charge in [0.2, 0.25) is 0 Å². The van der Waals surface area contributed by atoms with Gasteiger partial charge in [0.05, 0.1) is 0 Å². The van der Waals surface area contributed by atoms with Crippen LogP contribution < -0.4 is 0 Å². The third kappa shape index (κ3) is 0.809. The van der Waals surface area contributed by atoms with E-state index in [2.05, 4.69) is 22.1 Å². The Hall–Kier alpha value is -1.45. The molecule has 2 rings (SSSR count). The molecule has 0 spiro atoms. The number of hydrogen-bond donors (Lipinski definition) is 0. The van der Waals surface area contributed by atoms with Crippen LogP contribution in [0.25, 0.3) is 5.78 Å². The van der Waals surface area contributed by atoms with Crippen LogP contribution in [0.2, 0.25) is 0 Å². The Morgan fingerprint density at radius 2 is 2.00 bits per heavy atom. The molecule has 4 heteroatoms. The zero-order valence-electron chi connectivity index (χ0n) is 7.37. The summed E-state index contributed by atoms with van der Waals surface area (Å²) in [6.07, 6.45) is 1.68. The van der Waals surface area contributed by atoms with Gasteiger partial charge >= 0.3 is 0 Å². The van der Waals surface area contributed by atoms with Crippen molar-refractivity contribution in [1.82, 2.24) is 19.6 Å². The van der Waals surface area contributed by atoms with E-state index in [9.17, 15) is 0 Å². The van der Waals surface area contributed by atoms with Gasteiger partial charge in [0.25, 0.3) is 5.78 Å². The van der Waals surface area contributed by atoms with Crippen LogP contribution in [0.1, 0.15) is 17.0 Å². The van der Waals surface area contributed by atoms with Crippen LogP contribution in [0.3, 0.4) is 0 Å². The standard InChI is InChI=1S/C8H10N4/c1-5-6(2)10-8-11-9-4-12(8)7(5)3/h4H,1-3H3. The second-order valence-corrected chi connectivity index (χ2v) is 2.91. The Labute approximate surface area is 70.3 Å². The van der Waals surface area contributed by atoms with E-state index >= 15 is 0 Å². The highest BCUT2D eigenvalue weighted by molar-refractivity contribution is 5.35. The van der Waals surface area contributed by atoms with E-state index < -0.39 is 0 Å². The Kier molecular flexibility index (Phi) is 1.36. The lowest BCUT2D eigenvalue weighted by Crippen LogP contribution is -1.99. The quantitative estimate of drug-likeness (QED) is 0.581. The fourth-order valence-electron chi connectivity index (χ4n) is 1.22. The summed E-state index contributed by atoms with van der Waals surface area (Å²) in [4.78, 5) is 4.29. The van der Waals surface area contributed by atoms with E-state index in [1.54, 1.807) is 6.33 Å². The normalized spacial score (nSPS) is 10.9.